The van der Waals surface area contributed by atoms with Crippen LogP contribution < -0.4 is 4.18 Å². The van der Waals surface area contributed by atoms with Gasteiger partial charge in [-0.2, -0.15) is 22.1 Å². The summed E-state index contributed by atoms with van der Waals surface area (Å²) in [5.74, 6) is 0.0904. The molecule has 4 aromatic carbocycles. The Labute approximate surface area is 242 Å². The number of benzene rings is 4. The summed E-state index contributed by atoms with van der Waals surface area (Å²) in [7, 11) is -8.30. The average molecular weight is 603 g/mol. The minimum Gasteiger partial charge on any atom is -0.379 e. The van der Waals surface area contributed by atoms with E-state index in [4.69, 9.17) is 8.47 Å². The van der Waals surface area contributed by atoms with Gasteiger partial charge in [-0.25, -0.2) is 0 Å². The van der Waals surface area contributed by atoms with Gasteiger partial charge in [0, 0.05) is 4.91 Å². The monoisotopic (exact) mass is 602 g/mol. The summed E-state index contributed by atoms with van der Waals surface area (Å²) in [6.07, 6.45) is 3.27. The van der Waals surface area contributed by atoms with Crippen molar-refractivity contribution in [3.05, 3.63) is 119 Å². The Morgan fingerprint density at radius 3 is 2.22 bits per heavy atom. The van der Waals surface area contributed by atoms with Crippen molar-refractivity contribution in [2.45, 2.75) is 23.6 Å². The Balaban J connectivity index is 1.32. The molecule has 4 aromatic rings. The number of aryl methyl sites for hydroxylation is 2. The van der Waals surface area contributed by atoms with Gasteiger partial charge in [0.05, 0.1) is 5.57 Å². The standard InChI is InChI=1S/C30H22N2O6S3/c1-20-7-12-25(13-8-20)40(33,34)37-24-11-9-23-18-26(14-10-22(23)17-24)41(35,36)38-32-30-16-15-29(39-30)28(19-31)27-6-4-3-5-21(27)2/h3-18H,1-2H3/b29-28-,32-30?. The zero-order valence-electron chi connectivity index (χ0n) is 21.8. The molecule has 0 radical (unpaired) electrons. The van der Waals surface area contributed by atoms with Crippen molar-refractivity contribution in [2.75, 3.05) is 0 Å². The van der Waals surface area contributed by atoms with Crippen LogP contribution in [0.4, 0.5) is 0 Å². The molecule has 8 nitrogen and oxygen atoms in total. The van der Waals surface area contributed by atoms with Crippen LogP contribution in [0.25, 0.3) is 16.3 Å². The third-order valence-corrected chi connectivity index (χ3v) is 9.52. The van der Waals surface area contributed by atoms with Crippen LogP contribution in [0.15, 0.2) is 117 Å². The van der Waals surface area contributed by atoms with E-state index in [0.717, 1.165) is 28.5 Å². The topological polar surface area (TPSA) is 123 Å². The third kappa shape index (κ3) is 6.20. The summed E-state index contributed by atoms with van der Waals surface area (Å²) in [4.78, 5) is 0.533. The summed E-state index contributed by atoms with van der Waals surface area (Å²) in [5.41, 5.74) is 3.11. The van der Waals surface area contributed by atoms with Gasteiger partial charge < -0.3 is 4.18 Å². The maximum Gasteiger partial charge on any atom is 0.358 e. The molecule has 0 N–H and O–H groups in total. The van der Waals surface area contributed by atoms with Crippen LogP contribution in [0.5, 0.6) is 5.75 Å². The van der Waals surface area contributed by atoms with E-state index in [1.165, 1.54) is 42.5 Å². The van der Waals surface area contributed by atoms with E-state index >= 15 is 0 Å². The third-order valence-electron chi connectivity index (χ3n) is 6.18. The zero-order chi connectivity index (χ0) is 29.2. The van der Waals surface area contributed by atoms with Crippen molar-refractivity contribution in [1.82, 2.24) is 0 Å². The largest absolute Gasteiger partial charge is 0.379 e. The van der Waals surface area contributed by atoms with E-state index in [2.05, 4.69) is 11.2 Å². The van der Waals surface area contributed by atoms with Gasteiger partial charge in [-0.05, 0) is 84.3 Å². The number of nitrogens with zero attached hydrogens (tertiary/aromatic N) is 2. The van der Waals surface area contributed by atoms with Gasteiger partial charge in [0.25, 0.3) is 0 Å². The molecule has 5 rings (SSSR count). The summed E-state index contributed by atoms with van der Waals surface area (Å²) < 4.78 is 61.2. The maximum absolute atomic E-state index is 12.9. The fourth-order valence-corrected chi connectivity index (χ4v) is 6.60. The Morgan fingerprint density at radius 1 is 0.805 bits per heavy atom. The summed E-state index contributed by atoms with van der Waals surface area (Å²) in [6, 6.07) is 24.8. The molecule has 1 heterocycles. The Bertz CT molecular complexity index is 2020. The Hall–Kier alpha value is -4.37. The second-order valence-electron chi connectivity index (χ2n) is 9.08. The predicted molar refractivity (Wildman–Crippen MR) is 159 cm³/mol. The number of thioether (sulfide) groups is 1. The highest BCUT2D eigenvalue weighted by Gasteiger charge is 2.21. The summed E-state index contributed by atoms with van der Waals surface area (Å²) in [5, 5.41) is 14.9. The van der Waals surface area contributed by atoms with Gasteiger partial charge in [-0.3, -0.25) is 4.28 Å². The van der Waals surface area contributed by atoms with Crippen molar-refractivity contribution in [2.24, 2.45) is 5.16 Å². The van der Waals surface area contributed by atoms with E-state index < -0.39 is 20.2 Å². The second-order valence-corrected chi connectivity index (χ2v) is 13.2. The number of rotatable bonds is 7. The molecule has 1 aliphatic rings. The molecule has 0 amide bonds. The molecule has 0 saturated carbocycles. The molecule has 11 heteroatoms. The second kappa shape index (κ2) is 11.2. The molecule has 0 unspecified atom stereocenters. The van der Waals surface area contributed by atoms with Crippen LogP contribution in [0.3, 0.4) is 0 Å². The summed E-state index contributed by atoms with van der Waals surface area (Å²) >= 11 is 1.13. The Kier molecular flexibility index (Phi) is 7.73. The van der Waals surface area contributed by atoms with Gasteiger partial charge in [0.2, 0.25) is 0 Å². The molecular weight excluding hydrogens is 581 g/mol. The highest BCUT2D eigenvalue weighted by atomic mass is 32.2. The molecule has 41 heavy (non-hydrogen) atoms. The number of hydrogen-bond donors (Lipinski definition) is 0. The number of nitriles is 1. The first-order valence-corrected chi connectivity index (χ1v) is 15.8. The van der Waals surface area contributed by atoms with Gasteiger partial charge in [-0.15, -0.1) is 0 Å². The molecule has 0 bridgehead atoms. The molecule has 206 valence electrons. The van der Waals surface area contributed by atoms with Crippen molar-refractivity contribution in [3.8, 4) is 11.8 Å². The highest BCUT2D eigenvalue weighted by molar-refractivity contribution is 8.18. The average Bonchev–Trinajstić information content (AvgIpc) is 3.42. The first-order chi connectivity index (χ1) is 19.6. The maximum atomic E-state index is 12.9. The van der Waals surface area contributed by atoms with Crippen LogP contribution in [-0.2, 0) is 24.5 Å². The number of fused-ring (bicyclic) bond motifs is 1. The molecule has 0 aliphatic carbocycles. The van der Waals surface area contributed by atoms with Gasteiger partial charge in [0.15, 0.2) is 0 Å². The number of hydrogen-bond acceptors (Lipinski definition) is 9. The molecule has 0 aromatic heterocycles. The molecule has 0 atom stereocenters. The van der Waals surface area contributed by atoms with Gasteiger partial charge >= 0.3 is 20.2 Å². The van der Waals surface area contributed by atoms with Crippen LogP contribution in [0, 0.1) is 25.2 Å². The van der Waals surface area contributed by atoms with Crippen molar-refractivity contribution in [3.63, 3.8) is 0 Å². The van der Waals surface area contributed by atoms with E-state index in [9.17, 15) is 22.1 Å². The molecule has 0 saturated heterocycles. The normalized spacial score (nSPS) is 15.6. The van der Waals surface area contributed by atoms with E-state index in [1.807, 2.05) is 38.1 Å². The fourth-order valence-electron chi connectivity index (χ4n) is 4.03. The fraction of sp³-hybridized carbons (Fsp3) is 0.0667. The summed E-state index contributed by atoms with van der Waals surface area (Å²) in [6.45, 7) is 3.76. The predicted octanol–water partition coefficient (Wildman–Crippen LogP) is 6.48. The quantitative estimate of drug-likeness (QED) is 0.134. The SMILES string of the molecule is Cc1ccc(S(=O)(=O)Oc2ccc3cc(S(=O)(=O)ON=C4C=C/C(=C(\C#N)c5ccccc5C)S4)ccc3c2)cc1. The van der Waals surface area contributed by atoms with Crippen LogP contribution in [-0.4, -0.2) is 21.9 Å². The van der Waals surface area contributed by atoms with Crippen LogP contribution >= 0.6 is 11.8 Å². The first kappa shape index (κ1) is 28.2. The smallest absolute Gasteiger partial charge is 0.358 e. The van der Waals surface area contributed by atoms with Crippen LogP contribution in [0.2, 0.25) is 0 Å². The minimum absolute atomic E-state index is 0.0281. The van der Waals surface area contributed by atoms with E-state index in [-0.39, 0.29) is 20.6 Å². The first-order valence-electron chi connectivity index (χ1n) is 12.2. The number of oxime groups is 1. The van der Waals surface area contributed by atoms with Crippen molar-refractivity contribution < 1.29 is 25.3 Å². The van der Waals surface area contributed by atoms with Crippen molar-refractivity contribution >= 4 is 53.4 Å². The van der Waals surface area contributed by atoms with Crippen molar-refractivity contribution in [1.29, 1.82) is 5.26 Å². The highest BCUT2D eigenvalue weighted by Crippen LogP contribution is 2.35. The molecular formula is C30H22N2O6S3. The van der Waals surface area contributed by atoms with E-state index in [1.54, 1.807) is 30.4 Å². The lowest BCUT2D eigenvalue weighted by atomic mass is 10.0. The zero-order valence-corrected chi connectivity index (χ0v) is 24.3. The van der Waals surface area contributed by atoms with Crippen LogP contribution in [0.1, 0.15) is 16.7 Å². The lowest BCUT2D eigenvalue weighted by Gasteiger charge is -2.09. The Morgan fingerprint density at radius 2 is 1.49 bits per heavy atom. The lowest BCUT2D eigenvalue weighted by molar-refractivity contribution is 0.340. The van der Waals surface area contributed by atoms with E-state index in [0.29, 0.717) is 21.3 Å². The van der Waals surface area contributed by atoms with Gasteiger partial charge in [0.1, 0.15) is 26.7 Å². The van der Waals surface area contributed by atoms with Gasteiger partial charge in [-0.1, -0.05) is 71.0 Å². The molecule has 0 fully saturated rings. The number of allylic oxidation sites excluding steroid dienone is 2. The lowest BCUT2D eigenvalue weighted by Crippen LogP contribution is -2.09. The molecule has 0 spiro atoms. The minimum atomic E-state index is -4.26. The molecule has 1 aliphatic heterocycles.